The fraction of sp³-hybridized carbons (Fsp3) is 0.172. The number of aliphatic hydroxyl groups excluding tert-OH is 1. The lowest BCUT2D eigenvalue weighted by Crippen LogP contribution is -2.31. The highest BCUT2D eigenvalue weighted by molar-refractivity contribution is 6.21. The van der Waals surface area contributed by atoms with Crippen molar-refractivity contribution in [2.45, 2.75) is 19.9 Å². The summed E-state index contributed by atoms with van der Waals surface area (Å²) in [5.41, 5.74) is 2.45. The number of aryl methyl sites for hydroxylation is 1. The molecule has 7 heteroatoms. The molecule has 4 aromatic rings. The van der Waals surface area contributed by atoms with Crippen LogP contribution in [0.4, 0.5) is 5.69 Å². The highest BCUT2D eigenvalue weighted by atomic mass is 16.5. The number of Topliss-reactive ketones (excluding diaryl/α,β-unsaturated/α-hetero) is 1. The molecule has 3 aromatic carbocycles. The van der Waals surface area contributed by atoms with Crippen LogP contribution in [0.5, 0.6) is 11.5 Å². The summed E-state index contributed by atoms with van der Waals surface area (Å²) >= 11 is 0. The van der Waals surface area contributed by atoms with Gasteiger partial charge in [-0.05, 0) is 55.3 Å². The third-order valence-electron chi connectivity index (χ3n) is 6.29. The zero-order chi connectivity index (χ0) is 25.4. The van der Waals surface area contributed by atoms with E-state index in [4.69, 9.17) is 13.9 Å². The van der Waals surface area contributed by atoms with Crippen molar-refractivity contribution in [3.8, 4) is 11.5 Å². The molecule has 1 aliphatic heterocycles. The number of methoxy groups -OCH3 is 1. The van der Waals surface area contributed by atoms with Gasteiger partial charge in [-0.2, -0.15) is 0 Å². The number of furan rings is 1. The molecular weight excluding hydrogens is 458 g/mol. The lowest BCUT2D eigenvalue weighted by atomic mass is 9.94. The first-order chi connectivity index (χ1) is 17.4. The number of amides is 1. The Hall–Kier alpha value is -4.52. The Kier molecular flexibility index (Phi) is 5.98. The minimum Gasteiger partial charge on any atom is -0.503 e. The van der Waals surface area contributed by atoms with Crippen molar-refractivity contribution in [3.05, 3.63) is 101 Å². The van der Waals surface area contributed by atoms with Gasteiger partial charge in [-0.3, -0.25) is 14.5 Å². The van der Waals surface area contributed by atoms with E-state index in [-0.39, 0.29) is 11.3 Å². The van der Waals surface area contributed by atoms with E-state index in [1.54, 1.807) is 54.6 Å². The van der Waals surface area contributed by atoms with Crippen molar-refractivity contribution in [1.82, 2.24) is 0 Å². The number of hydrogen-bond acceptors (Lipinski definition) is 6. The van der Waals surface area contributed by atoms with Crippen molar-refractivity contribution < 1.29 is 28.6 Å². The van der Waals surface area contributed by atoms with Crippen molar-refractivity contribution in [3.63, 3.8) is 0 Å². The van der Waals surface area contributed by atoms with Crippen LogP contribution in [0.25, 0.3) is 11.0 Å². The Bertz CT molecular complexity index is 1500. The molecule has 1 atom stereocenters. The summed E-state index contributed by atoms with van der Waals surface area (Å²) in [6, 6.07) is 20.6. The van der Waals surface area contributed by atoms with Gasteiger partial charge < -0.3 is 19.0 Å². The van der Waals surface area contributed by atoms with E-state index < -0.39 is 23.5 Å². The highest BCUT2D eigenvalue weighted by Crippen LogP contribution is 2.43. The number of carbonyl (C=O) groups excluding carboxylic acids is 2. The van der Waals surface area contributed by atoms with Gasteiger partial charge >= 0.3 is 0 Å². The lowest BCUT2D eigenvalue weighted by Gasteiger charge is -2.28. The molecule has 0 bridgehead atoms. The Morgan fingerprint density at radius 1 is 1.06 bits per heavy atom. The van der Waals surface area contributed by atoms with Gasteiger partial charge in [0, 0.05) is 11.1 Å². The molecule has 1 amide bonds. The van der Waals surface area contributed by atoms with E-state index >= 15 is 0 Å². The first-order valence-electron chi connectivity index (χ1n) is 11.6. The highest BCUT2D eigenvalue weighted by Gasteiger charge is 2.45. The normalized spacial score (nSPS) is 15.6. The largest absolute Gasteiger partial charge is 0.503 e. The van der Waals surface area contributed by atoms with Crippen molar-refractivity contribution in [1.29, 1.82) is 0 Å². The van der Waals surface area contributed by atoms with E-state index in [2.05, 4.69) is 0 Å². The van der Waals surface area contributed by atoms with E-state index in [0.717, 1.165) is 5.56 Å². The number of carbonyl (C=O) groups is 2. The number of rotatable bonds is 7. The maximum Gasteiger partial charge on any atom is 0.294 e. The predicted molar refractivity (Wildman–Crippen MR) is 136 cm³/mol. The fourth-order valence-electron chi connectivity index (χ4n) is 4.59. The monoisotopic (exact) mass is 483 g/mol. The molecule has 182 valence electrons. The molecule has 5 rings (SSSR count). The minimum absolute atomic E-state index is 0.00594. The SMILES string of the molecule is CCOc1ccc(C2C(C(=O)c3cc4cccc(OC)c4o3)=C(O)C(=O)N2c2ccccc2C)cc1. The summed E-state index contributed by atoms with van der Waals surface area (Å²) in [6.45, 7) is 4.28. The lowest BCUT2D eigenvalue weighted by molar-refractivity contribution is -0.117. The number of hydrogen-bond donors (Lipinski definition) is 1. The average Bonchev–Trinajstić information content (AvgIpc) is 3.44. The summed E-state index contributed by atoms with van der Waals surface area (Å²) in [7, 11) is 1.52. The molecule has 1 aromatic heterocycles. The van der Waals surface area contributed by atoms with Crippen molar-refractivity contribution in [2.75, 3.05) is 18.6 Å². The van der Waals surface area contributed by atoms with Crippen molar-refractivity contribution >= 4 is 28.3 Å². The van der Waals surface area contributed by atoms with Crippen molar-refractivity contribution in [2.24, 2.45) is 0 Å². The van der Waals surface area contributed by atoms with Gasteiger partial charge in [0.2, 0.25) is 5.78 Å². The third kappa shape index (κ3) is 3.79. The number of benzene rings is 3. The number of aliphatic hydroxyl groups is 1. The molecule has 0 radical (unpaired) electrons. The topological polar surface area (TPSA) is 89.2 Å². The number of para-hydroxylation sites is 2. The maximum atomic E-state index is 13.8. The van der Waals surface area contributed by atoms with E-state index in [1.165, 1.54) is 12.0 Å². The van der Waals surface area contributed by atoms with Gasteiger partial charge in [0.15, 0.2) is 22.9 Å². The van der Waals surface area contributed by atoms with E-state index in [9.17, 15) is 14.7 Å². The van der Waals surface area contributed by atoms with Crippen LogP contribution < -0.4 is 14.4 Å². The molecule has 0 fully saturated rings. The molecule has 0 spiro atoms. The molecule has 1 N–H and O–H groups in total. The molecule has 0 saturated heterocycles. The zero-order valence-electron chi connectivity index (χ0n) is 20.1. The van der Waals surface area contributed by atoms with Gasteiger partial charge in [0.05, 0.1) is 25.3 Å². The van der Waals surface area contributed by atoms with Gasteiger partial charge in [0.1, 0.15) is 5.75 Å². The Morgan fingerprint density at radius 2 is 1.81 bits per heavy atom. The van der Waals surface area contributed by atoms with Gasteiger partial charge in [-0.15, -0.1) is 0 Å². The number of nitrogens with zero attached hydrogens (tertiary/aromatic N) is 1. The number of anilines is 1. The molecule has 0 saturated carbocycles. The molecule has 0 aliphatic carbocycles. The van der Waals surface area contributed by atoms with Gasteiger partial charge in [-0.1, -0.05) is 42.5 Å². The van der Waals surface area contributed by atoms with Crippen LogP contribution in [0.15, 0.2) is 88.5 Å². The van der Waals surface area contributed by atoms with Crippen LogP contribution in [0.3, 0.4) is 0 Å². The van der Waals surface area contributed by atoms with Crippen LogP contribution in [-0.4, -0.2) is 30.5 Å². The maximum absolute atomic E-state index is 13.8. The Balaban J connectivity index is 1.65. The summed E-state index contributed by atoms with van der Waals surface area (Å²) < 4.78 is 16.8. The Morgan fingerprint density at radius 3 is 2.50 bits per heavy atom. The van der Waals surface area contributed by atoms with Gasteiger partial charge in [-0.25, -0.2) is 0 Å². The van der Waals surface area contributed by atoms with Crippen LogP contribution >= 0.6 is 0 Å². The number of fused-ring (bicyclic) bond motifs is 1. The Labute approximate surface area is 208 Å². The first-order valence-corrected chi connectivity index (χ1v) is 11.6. The van der Waals surface area contributed by atoms with Crippen LogP contribution in [-0.2, 0) is 4.79 Å². The standard InChI is InChI=1S/C29H25NO6/c1-4-35-20-14-12-18(13-15-20)25-24(27(32)29(33)30(25)21-10-6-5-8-17(21)2)26(31)23-16-19-9-7-11-22(34-3)28(19)36-23/h5-16,25,32H,4H2,1-3H3. The summed E-state index contributed by atoms with van der Waals surface area (Å²) in [5, 5.41) is 11.7. The predicted octanol–water partition coefficient (Wildman–Crippen LogP) is 5.93. The molecule has 7 nitrogen and oxygen atoms in total. The average molecular weight is 484 g/mol. The van der Waals surface area contributed by atoms with E-state index in [0.29, 0.717) is 40.3 Å². The molecular formula is C29H25NO6. The van der Waals surface area contributed by atoms with E-state index in [1.807, 2.05) is 32.0 Å². The quantitative estimate of drug-likeness (QED) is 0.328. The molecule has 1 unspecified atom stereocenters. The van der Waals surface area contributed by atoms with Gasteiger partial charge in [0.25, 0.3) is 5.91 Å². The second-order valence-electron chi connectivity index (χ2n) is 8.45. The second-order valence-corrected chi connectivity index (χ2v) is 8.45. The first kappa shape index (κ1) is 23.2. The molecule has 2 heterocycles. The summed E-state index contributed by atoms with van der Waals surface area (Å²) in [6.07, 6.45) is 0. The smallest absolute Gasteiger partial charge is 0.294 e. The number of ketones is 1. The third-order valence-corrected chi connectivity index (χ3v) is 6.29. The summed E-state index contributed by atoms with van der Waals surface area (Å²) in [5.74, 6) is -0.675. The fourth-order valence-corrected chi connectivity index (χ4v) is 4.59. The molecule has 1 aliphatic rings. The molecule has 36 heavy (non-hydrogen) atoms. The zero-order valence-corrected chi connectivity index (χ0v) is 20.1. The van der Waals surface area contributed by atoms with Crippen LogP contribution in [0.2, 0.25) is 0 Å². The van der Waals surface area contributed by atoms with Crippen LogP contribution in [0, 0.1) is 6.92 Å². The minimum atomic E-state index is -0.864. The second kappa shape index (κ2) is 9.26. The van der Waals surface area contributed by atoms with Crippen LogP contribution in [0.1, 0.15) is 34.6 Å². The summed E-state index contributed by atoms with van der Waals surface area (Å²) in [4.78, 5) is 28.7. The number of ether oxygens (including phenoxy) is 2.